The Hall–Kier alpha value is -2.04. The molecule has 0 amide bonds. The molecule has 0 bridgehead atoms. The van der Waals surface area contributed by atoms with Crippen LogP contribution >= 0.6 is 0 Å². The zero-order valence-corrected chi connectivity index (χ0v) is 13.8. The number of hydrogen-bond donors (Lipinski definition) is 0. The molecule has 0 fully saturated rings. The van der Waals surface area contributed by atoms with Gasteiger partial charge in [0.2, 0.25) is 6.34 Å². The molecule has 1 aliphatic heterocycles. The third-order valence-electron chi connectivity index (χ3n) is 4.12. The van der Waals surface area contributed by atoms with Gasteiger partial charge in [-0.3, -0.25) is 9.30 Å². The summed E-state index contributed by atoms with van der Waals surface area (Å²) in [4.78, 5) is 5.64. The van der Waals surface area contributed by atoms with Crippen molar-refractivity contribution in [1.82, 2.24) is 9.62 Å². The maximum atomic E-state index is 7.94. The Morgan fingerprint density at radius 3 is 2.09 bits per heavy atom. The number of anilines is 1. The molecule has 2 aromatic rings. The molecule has 0 unspecified atom stereocenters. The summed E-state index contributed by atoms with van der Waals surface area (Å²) >= 11 is 0. The van der Waals surface area contributed by atoms with E-state index in [9.17, 15) is 0 Å². The maximum Gasteiger partial charge on any atom is 0.506 e. The second-order valence-electron chi connectivity index (χ2n) is 6.00. The fourth-order valence-electron chi connectivity index (χ4n) is 3.10. The lowest BCUT2D eigenvalue weighted by atomic mass is 9.32. The number of rotatable bonds is 4. The quantitative estimate of drug-likeness (QED) is 0.803. The van der Waals surface area contributed by atoms with Crippen molar-refractivity contribution in [2.24, 2.45) is 0 Å². The van der Waals surface area contributed by atoms with E-state index in [4.69, 9.17) is 4.11 Å². The van der Waals surface area contributed by atoms with Gasteiger partial charge in [-0.25, -0.2) is 0 Å². The minimum Gasteiger partial charge on any atom is -0.308 e. The standard InChI is InChI=1S/C17H23B2N4/c1-20(2)18-19(21(3)4)23(17-13-9-6-10-14-17)15-22(18)16-11-7-5-8-12-16/h5-15H,1-4H3/q+1/i1D3. The molecule has 4 nitrogen and oxygen atoms in total. The normalized spacial score (nSPS) is 17.3. The van der Waals surface area contributed by atoms with Crippen molar-refractivity contribution in [3.8, 4) is 0 Å². The summed E-state index contributed by atoms with van der Waals surface area (Å²) in [7, 11) is 5.61. The lowest BCUT2D eigenvalue weighted by Gasteiger charge is -2.24. The molecule has 0 N–H and O–H groups in total. The average Bonchev–Trinajstić information content (AvgIpc) is 3.02. The monoisotopic (exact) mass is 308 g/mol. The summed E-state index contributed by atoms with van der Waals surface area (Å²) < 4.78 is 25.8. The Labute approximate surface area is 144 Å². The molecule has 3 rings (SSSR count). The first kappa shape index (κ1) is 12.4. The van der Waals surface area contributed by atoms with Crippen LogP contribution < -0.4 is 4.81 Å². The fraction of sp³-hybridized carbons (Fsp3) is 0.235. The van der Waals surface area contributed by atoms with Crippen molar-refractivity contribution in [1.29, 1.82) is 0 Å². The first-order chi connectivity index (χ1) is 12.3. The SMILES string of the molecule is [2H]C([2H])([2H])N(C)B1B(N(C)C)N(c2ccccc2)C=[N+]1c1ccccc1. The predicted octanol–water partition coefficient (Wildman–Crippen LogP) is 2.06. The molecule has 0 radical (unpaired) electrons. The summed E-state index contributed by atoms with van der Waals surface area (Å²) in [6, 6.07) is 19.9. The smallest absolute Gasteiger partial charge is 0.308 e. The van der Waals surface area contributed by atoms with Gasteiger partial charge in [-0.1, -0.05) is 36.4 Å². The highest BCUT2D eigenvalue weighted by molar-refractivity contribution is 7.20. The van der Waals surface area contributed by atoms with Gasteiger partial charge in [0.25, 0.3) is 0 Å². The van der Waals surface area contributed by atoms with Crippen LogP contribution in [0.3, 0.4) is 0 Å². The van der Waals surface area contributed by atoms with Gasteiger partial charge < -0.3 is 9.62 Å². The van der Waals surface area contributed by atoms with Crippen molar-refractivity contribution < 1.29 is 8.60 Å². The van der Waals surface area contributed by atoms with Gasteiger partial charge in [-0.15, -0.1) is 0 Å². The van der Waals surface area contributed by atoms with Gasteiger partial charge in [0, 0.05) is 4.11 Å². The topological polar surface area (TPSA) is 12.7 Å². The molecule has 116 valence electrons. The van der Waals surface area contributed by atoms with Gasteiger partial charge in [0.05, 0.1) is 0 Å². The average molecular weight is 308 g/mol. The van der Waals surface area contributed by atoms with Gasteiger partial charge in [0.1, 0.15) is 11.4 Å². The van der Waals surface area contributed by atoms with Crippen LogP contribution in [0, 0.1) is 0 Å². The summed E-state index contributed by atoms with van der Waals surface area (Å²) in [5.74, 6) is 0. The fourth-order valence-corrected chi connectivity index (χ4v) is 3.10. The van der Waals surface area contributed by atoms with Gasteiger partial charge in [-0.2, -0.15) is 0 Å². The largest absolute Gasteiger partial charge is 0.506 e. The molecular formula is C17H23B2N4+. The number of para-hydroxylation sites is 2. The predicted molar refractivity (Wildman–Crippen MR) is 100 cm³/mol. The van der Waals surface area contributed by atoms with E-state index in [-0.39, 0.29) is 13.7 Å². The maximum absolute atomic E-state index is 7.94. The molecule has 1 aliphatic rings. The molecule has 0 saturated heterocycles. The van der Waals surface area contributed by atoms with Crippen molar-refractivity contribution >= 4 is 31.5 Å². The molecule has 0 aromatic heterocycles. The molecule has 0 saturated carbocycles. The highest BCUT2D eigenvalue weighted by atomic mass is 15.3. The van der Waals surface area contributed by atoms with Crippen LogP contribution in [0.1, 0.15) is 4.11 Å². The van der Waals surface area contributed by atoms with Gasteiger partial charge >= 0.3 is 13.7 Å². The van der Waals surface area contributed by atoms with Gasteiger partial charge in [-0.05, 0) is 52.4 Å². The van der Waals surface area contributed by atoms with E-state index >= 15 is 0 Å². The lowest BCUT2D eigenvalue weighted by molar-refractivity contribution is -0.283. The number of nitrogens with zero attached hydrogens (tertiary/aromatic N) is 4. The van der Waals surface area contributed by atoms with E-state index in [1.54, 1.807) is 7.05 Å². The second kappa shape index (κ2) is 6.60. The Bertz CT molecular complexity index is 769. The molecule has 1 heterocycles. The lowest BCUT2D eigenvalue weighted by Crippen LogP contribution is -2.62. The molecule has 0 aliphatic carbocycles. The summed E-state index contributed by atoms with van der Waals surface area (Å²) in [6.07, 6.45) is 2.00. The van der Waals surface area contributed by atoms with E-state index in [1.165, 1.54) is 4.81 Å². The van der Waals surface area contributed by atoms with E-state index in [2.05, 4.69) is 9.62 Å². The van der Waals surface area contributed by atoms with Crippen molar-refractivity contribution in [2.45, 2.75) is 0 Å². The zero-order chi connectivity index (χ0) is 18.9. The van der Waals surface area contributed by atoms with Crippen LogP contribution in [0.5, 0.6) is 0 Å². The molecule has 23 heavy (non-hydrogen) atoms. The minimum atomic E-state index is -2.20. The third kappa shape index (κ3) is 3.05. The van der Waals surface area contributed by atoms with Crippen LogP contribution in [0.2, 0.25) is 0 Å². The Kier molecular flexibility index (Phi) is 3.56. The Morgan fingerprint density at radius 1 is 0.913 bits per heavy atom. The number of benzene rings is 2. The Morgan fingerprint density at radius 2 is 1.52 bits per heavy atom. The summed E-state index contributed by atoms with van der Waals surface area (Å²) in [5.41, 5.74) is 1.98. The van der Waals surface area contributed by atoms with E-state index < -0.39 is 6.98 Å². The molecule has 0 atom stereocenters. The Balaban J connectivity index is 2.13. The van der Waals surface area contributed by atoms with E-state index in [0.717, 1.165) is 11.4 Å². The van der Waals surface area contributed by atoms with Crippen LogP contribution in [0.4, 0.5) is 11.4 Å². The first-order valence-electron chi connectivity index (χ1n) is 9.22. The van der Waals surface area contributed by atoms with E-state index in [1.807, 2.05) is 85.6 Å². The van der Waals surface area contributed by atoms with E-state index in [0.29, 0.717) is 0 Å². The third-order valence-corrected chi connectivity index (χ3v) is 4.12. The summed E-state index contributed by atoms with van der Waals surface area (Å²) in [6.45, 7) is -2.74. The second-order valence-corrected chi connectivity index (χ2v) is 6.00. The van der Waals surface area contributed by atoms with Crippen molar-refractivity contribution in [2.75, 3.05) is 32.9 Å². The van der Waals surface area contributed by atoms with Crippen molar-refractivity contribution in [3.63, 3.8) is 0 Å². The zero-order valence-electron chi connectivity index (χ0n) is 16.8. The number of hydrogen-bond acceptors (Lipinski definition) is 3. The van der Waals surface area contributed by atoms with Crippen LogP contribution in [-0.2, 0) is 0 Å². The molecule has 6 heteroatoms. The molecule has 2 aromatic carbocycles. The highest BCUT2D eigenvalue weighted by Crippen LogP contribution is 2.24. The van der Waals surface area contributed by atoms with Crippen LogP contribution in [0.25, 0.3) is 0 Å². The minimum absolute atomic E-state index is 0.164. The highest BCUT2D eigenvalue weighted by Gasteiger charge is 2.58. The molecular weight excluding hydrogens is 282 g/mol. The van der Waals surface area contributed by atoms with Crippen LogP contribution in [0.15, 0.2) is 60.7 Å². The molecule has 0 spiro atoms. The van der Waals surface area contributed by atoms with Crippen LogP contribution in [-0.4, -0.2) is 62.3 Å². The van der Waals surface area contributed by atoms with Crippen molar-refractivity contribution in [3.05, 3.63) is 60.7 Å². The van der Waals surface area contributed by atoms with Gasteiger partial charge in [0.15, 0.2) is 0 Å². The summed E-state index contributed by atoms with van der Waals surface area (Å²) in [5, 5.41) is 0. The first-order valence-corrected chi connectivity index (χ1v) is 7.72.